The second-order valence-corrected chi connectivity index (χ2v) is 3.56. The van der Waals surface area contributed by atoms with Gasteiger partial charge in [0.2, 0.25) is 0 Å². The van der Waals surface area contributed by atoms with E-state index in [0.717, 1.165) is 5.92 Å². The van der Waals surface area contributed by atoms with Gasteiger partial charge in [-0.15, -0.1) is 0 Å². The predicted octanol–water partition coefficient (Wildman–Crippen LogP) is 2.65. The molecule has 0 N–H and O–H groups in total. The third-order valence-electron chi connectivity index (χ3n) is 1.77. The highest BCUT2D eigenvalue weighted by atomic mass is 14.4. The van der Waals surface area contributed by atoms with Gasteiger partial charge >= 0.3 is 0 Å². The number of rotatable bonds is 2. The van der Waals surface area contributed by atoms with Gasteiger partial charge in [0.05, 0.1) is 0 Å². The summed E-state index contributed by atoms with van der Waals surface area (Å²) in [4.78, 5) is 0. The van der Waals surface area contributed by atoms with Gasteiger partial charge in [-0.3, -0.25) is 0 Å². The van der Waals surface area contributed by atoms with Gasteiger partial charge in [-0.25, -0.2) is 0 Å². The van der Waals surface area contributed by atoms with Crippen LogP contribution in [0.2, 0.25) is 0 Å². The summed E-state index contributed by atoms with van der Waals surface area (Å²) in [6.45, 7) is 6.85. The molecular weight excluding hydrogens is 96.1 g/mol. The second kappa shape index (κ2) is 1.75. The fourth-order valence-corrected chi connectivity index (χ4v) is 1.17. The van der Waals surface area contributed by atoms with Gasteiger partial charge in [0, 0.05) is 0 Å². The van der Waals surface area contributed by atoms with Crippen molar-refractivity contribution in [3.63, 3.8) is 0 Å². The fourth-order valence-electron chi connectivity index (χ4n) is 1.17. The number of hydrogen-bond donors (Lipinski definition) is 0. The number of hydrogen-bond acceptors (Lipinski definition) is 0. The van der Waals surface area contributed by atoms with Crippen LogP contribution >= 0.6 is 0 Å². The van der Waals surface area contributed by atoms with E-state index >= 15 is 0 Å². The quantitative estimate of drug-likeness (QED) is 0.514. The zero-order valence-electron chi connectivity index (χ0n) is 6.07. The minimum Gasteiger partial charge on any atom is -0.0625 e. The summed E-state index contributed by atoms with van der Waals surface area (Å²) >= 11 is 0. The highest BCUT2D eigenvalue weighted by Crippen LogP contribution is 2.48. The van der Waals surface area contributed by atoms with Crippen molar-refractivity contribution in [3.8, 4) is 0 Å². The average Bonchev–Trinajstić information content (AvgIpc) is 2.17. The Bertz CT molecular complexity index is 78.0. The second-order valence-electron chi connectivity index (χ2n) is 3.56. The van der Waals surface area contributed by atoms with Crippen molar-refractivity contribution in [2.24, 2.45) is 11.3 Å². The predicted molar refractivity (Wildman–Crippen MR) is 36.5 cm³/mol. The standard InChI is InChI=1S/C8H15/c1-7(2)6-8(3)4-5-8/h6-7H,4-5H2,1-3H3. The lowest BCUT2D eigenvalue weighted by Crippen LogP contribution is -1.99. The molecule has 1 saturated carbocycles. The largest absolute Gasteiger partial charge is 0.0625 e. The van der Waals surface area contributed by atoms with Gasteiger partial charge in [0.25, 0.3) is 0 Å². The maximum absolute atomic E-state index is 2.47. The van der Waals surface area contributed by atoms with Crippen LogP contribution in [0.4, 0.5) is 0 Å². The molecule has 0 aliphatic heterocycles. The molecule has 1 aliphatic carbocycles. The highest BCUT2D eigenvalue weighted by Gasteiger charge is 2.37. The zero-order valence-corrected chi connectivity index (χ0v) is 6.07. The van der Waals surface area contributed by atoms with Crippen LogP contribution in [0.15, 0.2) is 0 Å². The molecule has 1 rings (SSSR count). The molecule has 1 fully saturated rings. The van der Waals surface area contributed by atoms with E-state index < -0.39 is 0 Å². The van der Waals surface area contributed by atoms with E-state index in [1.165, 1.54) is 12.8 Å². The van der Waals surface area contributed by atoms with Crippen molar-refractivity contribution < 1.29 is 0 Å². The van der Waals surface area contributed by atoms with Gasteiger partial charge in [-0.05, 0) is 30.6 Å². The van der Waals surface area contributed by atoms with E-state index in [1.54, 1.807) is 0 Å². The molecule has 0 saturated heterocycles. The summed E-state index contributed by atoms with van der Waals surface area (Å²) in [5.74, 6) is 0.780. The van der Waals surface area contributed by atoms with Crippen molar-refractivity contribution in [1.82, 2.24) is 0 Å². The van der Waals surface area contributed by atoms with Gasteiger partial charge in [0.1, 0.15) is 0 Å². The molecule has 0 spiro atoms. The summed E-state index contributed by atoms with van der Waals surface area (Å²) in [7, 11) is 0. The summed E-state index contributed by atoms with van der Waals surface area (Å²) in [5, 5.41) is 0. The van der Waals surface area contributed by atoms with Crippen LogP contribution < -0.4 is 0 Å². The molecule has 0 aromatic carbocycles. The molecule has 1 aliphatic rings. The van der Waals surface area contributed by atoms with Crippen molar-refractivity contribution in [2.45, 2.75) is 33.6 Å². The van der Waals surface area contributed by atoms with Crippen LogP contribution in [-0.4, -0.2) is 0 Å². The van der Waals surface area contributed by atoms with E-state index in [4.69, 9.17) is 0 Å². The Morgan fingerprint density at radius 3 is 2.00 bits per heavy atom. The Labute approximate surface area is 52.3 Å². The fraction of sp³-hybridized carbons (Fsp3) is 0.875. The first-order chi connectivity index (χ1) is 3.62. The Morgan fingerprint density at radius 2 is 1.88 bits per heavy atom. The van der Waals surface area contributed by atoms with E-state index in [2.05, 4.69) is 27.2 Å². The van der Waals surface area contributed by atoms with Crippen LogP contribution in [-0.2, 0) is 0 Å². The van der Waals surface area contributed by atoms with Gasteiger partial charge in [-0.1, -0.05) is 20.8 Å². The summed E-state index contributed by atoms with van der Waals surface area (Å²) in [6.07, 6.45) is 5.31. The first-order valence-corrected chi connectivity index (χ1v) is 3.48. The van der Waals surface area contributed by atoms with E-state index in [1.807, 2.05) is 0 Å². The molecule has 0 amide bonds. The Morgan fingerprint density at radius 1 is 1.38 bits per heavy atom. The molecule has 47 valence electrons. The minimum atomic E-state index is 0.647. The Hall–Kier alpha value is 0. The van der Waals surface area contributed by atoms with Crippen LogP contribution in [0.1, 0.15) is 33.6 Å². The monoisotopic (exact) mass is 111 g/mol. The first-order valence-electron chi connectivity index (χ1n) is 3.48. The van der Waals surface area contributed by atoms with Gasteiger partial charge < -0.3 is 0 Å². The van der Waals surface area contributed by atoms with Crippen molar-refractivity contribution >= 4 is 0 Å². The molecule has 0 unspecified atom stereocenters. The highest BCUT2D eigenvalue weighted by molar-refractivity contribution is 5.01. The Balaban J connectivity index is 2.19. The van der Waals surface area contributed by atoms with E-state index in [-0.39, 0.29) is 0 Å². The van der Waals surface area contributed by atoms with Crippen LogP contribution in [0.3, 0.4) is 0 Å². The zero-order chi connectivity index (χ0) is 6.20. The minimum absolute atomic E-state index is 0.647. The van der Waals surface area contributed by atoms with Crippen LogP contribution in [0.25, 0.3) is 0 Å². The average molecular weight is 111 g/mol. The molecule has 0 bridgehead atoms. The van der Waals surface area contributed by atoms with Crippen molar-refractivity contribution in [2.75, 3.05) is 0 Å². The van der Waals surface area contributed by atoms with Crippen molar-refractivity contribution in [1.29, 1.82) is 0 Å². The molecular formula is C8H15. The molecule has 8 heavy (non-hydrogen) atoms. The summed E-state index contributed by atoms with van der Waals surface area (Å²) in [5.41, 5.74) is 0.647. The molecule has 0 heterocycles. The van der Waals surface area contributed by atoms with Crippen LogP contribution in [0, 0.1) is 17.8 Å². The third kappa shape index (κ3) is 1.50. The maximum Gasteiger partial charge on any atom is -0.0292 e. The summed E-state index contributed by atoms with van der Waals surface area (Å²) in [6, 6.07) is 0. The summed E-state index contributed by atoms with van der Waals surface area (Å²) < 4.78 is 0. The topological polar surface area (TPSA) is 0 Å². The molecule has 1 radical (unpaired) electrons. The normalized spacial score (nSPS) is 24.0. The van der Waals surface area contributed by atoms with E-state index in [9.17, 15) is 0 Å². The SMILES string of the molecule is CC(C)[CH]C1(C)CC1. The lowest BCUT2D eigenvalue weighted by Gasteiger charge is -2.08. The lowest BCUT2D eigenvalue weighted by molar-refractivity contribution is 0.565. The van der Waals surface area contributed by atoms with Crippen molar-refractivity contribution in [3.05, 3.63) is 6.42 Å². The molecule has 0 aromatic rings. The molecule has 0 atom stereocenters. The van der Waals surface area contributed by atoms with Gasteiger partial charge in [0.15, 0.2) is 0 Å². The molecule has 0 heteroatoms. The third-order valence-corrected chi connectivity index (χ3v) is 1.77. The first kappa shape index (κ1) is 6.12. The van der Waals surface area contributed by atoms with E-state index in [0.29, 0.717) is 5.41 Å². The molecule has 0 nitrogen and oxygen atoms in total. The Kier molecular flexibility index (Phi) is 1.34. The van der Waals surface area contributed by atoms with Crippen LogP contribution in [0.5, 0.6) is 0 Å². The lowest BCUT2D eigenvalue weighted by atomic mass is 9.97. The smallest absolute Gasteiger partial charge is 0.0292 e. The maximum atomic E-state index is 2.47. The molecule has 0 aromatic heterocycles. The van der Waals surface area contributed by atoms with Gasteiger partial charge in [-0.2, -0.15) is 0 Å².